The van der Waals surface area contributed by atoms with E-state index in [-0.39, 0.29) is 18.9 Å². The molecule has 0 spiro atoms. The largest absolute Gasteiger partial charge is 0.481 e. The molecule has 2 N–H and O–H groups in total. The van der Waals surface area contributed by atoms with Gasteiger partial charge in [-0.05, 0) is 44.2 Å². The fourth-order valence-corrected chi connectivity index (χ4v) is 4.00. The Bertz CT molecular complexity index is 600. The van der Waals surface area contributed by atoms with Crippen LogP contribution >= 0.6 is 0 Å². The Morgan fingerprint density at radius 2 is 1.76 bits per heavy atom. The summed E-state index contributed by atoms with van der Waals surface area (Å²) in [6.45, 7) is 7.56. The molecule has 0 bridgehead atoms. The topological polar surface area (TPSA) is 83.5 Å². The zero-order chi connectivity index (χ0) is 16.2. The fraction of sp³-hybridized carbons (Fsp3) is 0.533. The molecular weight excluding hydrogens is 290 g/mol. The molecule has 0 aliphatic rings. The summed E-state index contributed by atoms with van der Waals surface area (Å²) in [4.78, 5) is 10.8. The van der Waals surface area contributed by atoms with Crippen LogP contribution in [0.1, 0.15) is 36.5 Å². The predicted molar refractivity (Wildman–Crippen MR) is 81.9 cm³/mol. The van der Waals surface area contributed by atoms with Crippen LogP contribution in [0.3, 0.4) is 0 Å². The molecule has 1 aromatic rings. The van der Waals surface area contributed by atoms with Crippen LogP contribution in [0.4, 0.5) is 0 Å². The van der Waals surface area contributed by atoms with Gasteiger partial charge in [0.25, 0.3) is 0 Å². The van der Waals surface area contributed by atoms with E-state index in [0.29, 0.717) is 11.3 Å². The highest BCUT2D eigenvalue weighted by atomic mass is 32.2. The molecule has 1 unspecified atom stereocenters. The van der Waals surface area contributed by atoms with Crippen LogP contribution in [0.25, 0.3) is 0 Å². The number of carboxylic acid groups (broad SMARTS) is 1. The van der Waals surface area contributed by atoms with E-state index in [9.17, 15) is 13.2 Å². The Morgan fingerprint density at radius 3 is 2.24 bits per heavy atom. The summed E-state index contributed by atoms with van der Waals surface area (Å²) in [5.41, 5.74) is 2.47. The lowest BCUT2D eigenvalue weighted by atomic mass is 10.1. The van der Waals surface area contributed by atoms with Crippen LogP contribution in [0.2, 0.25) is 0 Å². The van der Waals surface area contributed by atoms with Gasteiger partial charge in [0.05, 0.1) is 4.90 Å². The van der Waals surface area contributed by atoms with E-state index in [1.54, 1.807) is 13.8 Å². The molecule has 1 aromatic carbocycles. The Balaban J connectivity index is 2.81. The molecule has 0 saturated heterocycles. The number of benzene rings is 1. The minimum Gasteiger partial charge on any atom is -0.481 e. The molecule has 0 radical (unpaired) electrons. The number of rotatable bonds is 7. The van der Waals surface area contributed by atoms with Crippen LogP contribution in [-0.2, 0) is 14.8 Å². The standard InChI is InChI=1S/C15H23NO4S/c1-10(5-6-14(17)18)9-16-21(19,20)15-12(3)7-11(2)8-13(15)4/h7-8,10,16H,5-6,9H2,1-4H3,(H,17,18). The summed E-state index contributed by atoms with van der Waals surface area (Å²) in [5.74, 6) is -0.892. The summed E-state index contributed by atoms with van der Waals surface area (Å²) in [6, 6.07) is 3.69. The van der Waals surface area contributed by atoms with Gasteiger partial charge in [-0.1, -0.05) is 24.6 Å². The maximum atomic E-state index is 12.4. The Labute approximate surface area is 126 Å². The lowest BCUT2D eigenvalue weighted by Crippen LogP contribution is -2.29. The number of carboxylic acids is 1. The van der Waals surface area contributed by atoms with Gasteiger partial charge in [0.2, 0.25) is 10.0 Å². The number of sulfonamides is 1. The molecule has 0 saturated carbocycles. The quantitative estimate of drug-likeness (QED) is 0.809. The molecule has 1 rings (SSSR count). The van der Waals surface area contributed by atoms with E-state index in [1.807, 2.05) is 26.0 Å². The van der Waals surface area contributed by atoms with Crippen molar-refractivity contribution in [1.82, 2.24) is 4.72 Å². The molecule has 0 aromatic heterocycles. The van der Waals surface area contributed by atoms with E-state index in [0.717, 1.165) is 16.7 Å². The molecular formula is C15H23NO4S. The van der Waals surface area contributed by atoms with Crippen LogP contribution < -0.4 is 4.72 Å². The van der Waals surface area contributed by atoms with Gasteiger partial charge in [-0.2, -0.15) is 0 Å². The van der Waals surface area contributed by atoms with Gasteiger partial charge in [-0.25, -0.2) is 13.1 Å². The maximum Gasteiger partial charge on any atom is 0.303 e. The van der Waals surface area contributed by atoms with Gasteiger partial charge in [0, 0.05) is 13.0 Å². The van der Waals surface area contributed by atoms with Crippen molar-refractivity contribution in [3.8, 4) is 0 Å². The average molecular weight is 313 g/mol. The number of nitrogens with one attached hydrogen (secondary N) is 1. The molecule has 1 atom stereocenters. The highest BCUT2D eigenvalue weighted by Crippen LogP contribution is 2.21. The van der Waals surface area contributed by atoms with Crippen molar-refractivity contribution in [3.05, 3.63) is 28.8 Å². The number of aliphatic carboxylic acids is 1. The SMILES string of the molecule is Cc1cc(C)c(S(=O)(=O)NCC(C)CCC(=O)O)c(C)c1. The Hall–Kier alpha value is -1.40. The lowest BCUT2D eigenvalue weighted by molar-refractivity contribution is -0.137. The molecule has 118 valence electrons. The van der Waals surface area contributed by atoms with E-state index >= 15 is 0 Å². The summed E-state index contributed by atoms with van der Waals surface area (Å²) in [6.07, 6.45) is 0.495. The second kappa shape index (κ2) is 7.04. The van der Waals surface area contributed by atoms with Crippen molar-refractivity contribution < 1.29 is 18.3 Å². The van der Waals surface area contributed by atoms with Crippen LogP contribution in [0.5, 0.6) is 0 Å². The minimum absolute atomic E-state index is 0.0260. The third-order valence-corrected chi connectivity index (χ3v) is 5.07. The second-order valence-corrected chi connectivity index (χ2v) is 7.32. The summed E-state index contributed by atoms with van der Waals surface area (Å²) in [5, 5.41) is 8.63. The Morgan fingerprint density at radius 1 is 1.24 bits per heavy atom. The average Bonchev–Trinajstić information content (AvgIpc) is 2.32. The van der Waals surface area contributed by atoms with E-state index in [1.165, 1.54) is 0 Å². The van der Waals surface area contributed by atoms with E-state index in [4.69, 9.17) is 5.11 Å². The lowest BCUT2D eigenvalue weighted by Gasteiger charge is -2.15. The second-order valence-electron chi connectivity index (χ2n) is 5.62. The number of hydrogen-bond acceptors (Lipinski definition) is 3. The van der Waals surface area contributed by atoms with Crippen molar-refractivity contribution in [1.29, 1.82) is 0 Å². The van der Waals surface area contributed by atoms with Crippen LogP contribution in [0, 0.1) is 26.7 Å². The van der Waals surface area contributed by atoms with E-state index < -0.39 is 16.0 Å². The molecule has 0 aliphatic carbocycles. The third-order valence-electron chi connectivity index (χ3n) is 3.35. The normalized spacial score (nSPS) is 13.1. The molecule has 0 heterocycles. The summed E-state index contributed by atoms with van der Waals surface area (Å²) in [7, 11) is -3.57. The zero-order valence-corrected chi connectivity index (χ0v) is 13.8. The summed E-state index contributed by atoms with van der Waals surface area (Å²) < 4.78 is 27.4. The molecule has 5 nitrogen and oxygen atoms in total. The molecule has 0 fully saturated rings. The first kappa shape index (κ1) is 17.7. The van der Waals surface area contributed by atoms with Gasteiger partial charge in [0.15, 0.2) is 0 Å². The monoisotopic (exact) mass is 313 g/mol. The number of aryl methyl sites for hydroxylation is 3. The number of hydrogen-bond donors (Lipinski definition) is 2. The van der Waals surface area contributed by atoms with Crippen LogP contribution in [-0.4, -0.2) is 26.0 Å². The Kier molecular flexibility index (Phi) is 5.92. The first-order valence-corrected chi connectivity index (χ1v) is 8.41. The summed E-state index contributed by atoms with van der Waals surface area (Å²) >= 11 is 0. The molecule has 0 aliphatic heterocycles. The highest BCUT2D eigenvalue weighted by molar-refractivity contribution is 7.89. The van der Waals surface area contributed by atoms with Gasteiger partial charge in [0.1, 0.15) is 0 Å². The van der Waals surface area contributed by atoms with Crippen LogP contribution in [0.15, 0.2) is 17.0 Å². The first-order valence-electron chi connectivity index (χ1n) is 6.92. The predicted octanol–water partition coefficient (Wildman–Crippen LogP) is 2.39. The highest BCUT2D eigenvalue weighted by Gasteiger charge is 2.20. The van der Waals surface area contributed by atoms with E-state index in [2.05, 4.69) is 4.72 Å². The minimum atomic E-state index is -3.57. The molecule has 6 heteroatoms. The van der Waals surface area contributed by atoms with Gasteiger partial charge >= 0.3 is 5.97 Å². The molecule has 0 amide bonds. The smallest absolute Gasteiger partial charge is 0.303 e. The zero-order valence-electron chi connectivity index (χ0n) is 12.9. The van der Waals surface area contributed by atoms with Crippen molar-refractivity contribution in [2.24, 2.45) is 5.92 Å². The molecule has 21 heavy (non-hydrogen) atoms. The third kappa shape index (κ3) is 5.13. The van der Waals surface area contributed by atoms with Crippen molar-refractivity contribution >= 4 is 16.0 Å². The first-order chi connectivity index (χ1) is 9.63. The van der Waals surface area contributed by atoms with Crippen molar-refractivity contribution in [2.75, 3.05) is 6.54 Å². The van der Waals surface area contributed by atoms with Crippen molar-refractivity contribution in [3.63, 3.8) is 0 Å². The van der Waals surface area contributed by atoms with Gasteiger partial charge in [-0.3, -0.25) is 4.79 Å². The number of carbonyl (C=O) groups is 1. The fourth-order valence-electron chi connectivity index (χ4n) is 2.39. The van der Waals surface area contributed by atoms with Crippen molar-refractivity contribution in [2.45, 2.75) is 45.4 Å². The van der Waals surface area contributed by atoms with Gasteiger partial charge < -0.3 is 5.11 Å². The van der Waals surface area contributed by atoms with Gasteiger partial charge in [-0.15, -0.1) is 0 Å². The maximum absolute atomic E-state index is 12.4.